The number of rotatable bonds is 18. The molecule has 0 saturated carbocycles. The molecule has 2 aliphatic rings. The first-order valence-electron chi connectivity index (χ1n) is 13.8. The maximum Gasteiger partial charge on any atom is 0.334 e. The van der Waals surface area contributed by atoms with Crippen molar-refractivity contribution in [1.82, 2.24) is 0 Å². The minimum absolute atomic E-state index is 0.0495. The highest BCUT2D eigenvalue weighted by Gasteiger charge is 2.44. The Labute approximate surface area is 219 Å². The molecule has 0 aromatic rings. The Morgan fingerprint density at radius 2 is 1.43 bits per heavy atom. The first-order valence-corrected chi connectivity index (χ1v) is 13.8. The molecule has 37 heavy (non-hydrogen) atoms. The van der Waals surface area contributed by atoms with E-state index in [1.807, 2.05) is 6.92 Å². The molecule has 214 valence electrons. The van der Waals surface area contributed by atoms with E-state index in [1.54, 1.807) is 0 Å². The van der Waals surface area contributed by atoms with Gasteiger partial charge >= 0.3 is 11.9 Å². The number of aliphatic hydroxyl groups is 4. The van der Waals surface area contributed by atoms with Crippen molar-refractivity contribution in [1.29, 1.82) is 0 Å². The summed E-state index contributed by atoms with van der Waals surface area (Å²) in [7, 11) is 0. The van der Waals surface area contributed by atoms with Crippen LogP contribution in [-0.2, 0) is 23.8 Å². The predicted octanol–water partition coefficient (Wildman–Crippen LogP) is 2.45. The summed E-state index contributed by atoms with van der Waals surface area (Å²) in [5.41, 5.74) is 0.0495. The van der Waals surface area contributed by atoms with E-state index >= 15 is 0 Å². The largest absolute Gasteiger partial charge is 0.481 e. The van der Waals surface area contributed by atoms with Gasteiger partial charge in [-0.05, 0) is 26.2 Å². The third-order valence-corrected chi connectivity index (χ3v) is 7.35. The van der Waals surface area contributed by atoms with Crippen molar-refractivity contribution in [2.45, 2.75) is 133 Å². The Kier molecular flexibility index (Phi) is 14.0. The van der Waals surface area contributed by atoms with Crippen LogP contribution in [0.1, 0.15) is 90.4 Å². The number of carboxylic acids is 1. The lowest BCUT2D eigenvalue weighted by Gasteiger charge is -2.40. The number of carboxylic acid groups (broad SMARTS) is 1. The van der Waals surface area contributed by atoms with Crippen LogP contribution in [0.5, 0.6) is 0 Å². The van der Waals surface area contributed by atoms with Crippen molar-refractivity contribution >= 4 is 11.9 Å². The molecule has 0 aromatic carbocycles. The summed E-state index contributed by atoms with van der Waals surface area (Å²) < 4.78 is 16.2. The average molecular weight is 531 g/mol. The van der Waals surface area contributed by atoms with E-state index in [2.05, 4.69) is 6.58 Å². The van der Waals surface area contributed by atoms with E-state index in [-0.39, 0.29) is 11.7 Å². The molecule has 2 heterocycles. The Balaban J connectivity index is 1.41. The molecular weight excluding hydrogens is 484 g/mol. The Morgan fingerprint density at radius 3 is 1.97 bits per heavy atom. The summed E-state index contributed by atoms with van der Waals surface area (Å²) in [6.07, 6.45) is 6.39. The second-order valence-electron chi connectivity index (χ2n) is 10.4. The summed E-state index contributed by atoms with van der Waals surface area (Å²) in [6.45, 7) is 4.95. The van der Waals surface area contributed by atoms with Crippen LogP contribution in [0.2, 0.25) is 0 Å². The number of ether oxygens (including phenoxy) is 3. The maximum atomic E-state index is 11.5. The van der Waals surface area contributed by atoms with Gasteiger partial charge in [0.2, 0.25) is 0 Å². The van der Waals surface area contributed by atoms with Crippen molar-refractivity contribution in [3.63, 3.8) is 0 Å². The monoisotopic (exact) mass is 530 g/mol. The number of esters is 1. The minimum atomic E-state index is -1.42. The van der Waals surface area contributed by atoms with Crippen molar-refractivity contribution < 1.29 is 49.3 Å². The average Bonchev–Trinajstić information content (AvgIpc) is 3.15. The molecule has 0 amide bonds. The fourth-order valence-corrected chi connectivity index (χ4v) is 5.01. The number of unbranched alkanes of at least 4 members (excludes halogenated alkanes) is 10. The van der Waals surface area contributed by atoms with Crippen LogP contribution >= 0.6 is 0 Å². The van der Waals surface area contributed by atoms with E-state index in [9.17, 15) is 35.1 Å². The highest BCUT2D eigenvalue weighted by molar-refractivity contribution is 5.97. The van der Waals surface area contributed by atoms with E-state index in [4.69, 9.17) is 14.2 Å². The molecule has 2 rings (SSSR count). The quantitative estimate of drug-likeness (QED) is 0.101. The zero-order valence-electron chi connectivity index (χ0n) is 22.0. The number of hydrogen-bond acceptors (Lipinski definition) is 9. The van der Waals surface area contributed by atoms with Crippen molar-refractivity contribution in [2.24, 2.45) is 5.92 Å². The highest BCUT2D eigenvalue weighted by atomic mass is 16.7. The van der Waals surface area contributed by atoms with Gasteiger partial charge in [-0.15, -0.1) is 0 Å². The molecular formula is C27H46O10. The molecule has 10 nitrogen and oxygen atoms in total. The molecule has 0 aromatic heterocycles. The van der Waals surface area contributed by atoms with Crippen LogP contribution in [0.4, 0.5) is 0 Å². The maximum absolute atomic E-state index is 11.5. The van der Waals surface area contributed by atoms with Crippen LogP contribution in [-0.4, -0.2) is 87.0 Å². The molecule has 0 aliphatic carbocycles. The van der Waals surface area contributed by atoms with Crippen molar-refractivity contribution in [3.8, 4) is 0 Å². The van der Waals surface area contributed by atoms with Gasteiger partial charge in [0.15, 0.2) is 6.29 Å². The number of carbonyl (C=O) groups excluding carboxylic acids is 1. The highest BCUT2D eigenvalue weighted by Crippen LogP contribution is 2.30. The molecule has 10 heteroatoms. The molecule has 2 fully saturated rings. The number of carbonyl (C=O) groups is 2. The second kappa shape index (κ2) is 16.4. The number of cyclic esters (lactones) is 1. The summed E-state index contributed by atoms with van der Waals surface area (Å²) in [5.74, 6) is -2.55. The first kappa shape index (κ1) is 31.7. The fourth-order valence-electron chi connectivity index (χ4n) is 5.01. The molecule has 5 N–H and O–H groups in total. The van der Waals surface area contributed by atoms with Gasteiger partial charge in [-0.25, -0.2) is 4.79 Å². The molecule has 0 radical (unpaired) electrons. The lowest BCUT2D eigenvalue weighted by atomic mass is 9.93. The molecule has 2 saturated heterocycles. The van der Waals surface area contributed by atoms with E-state index in [0.717, 1.165) is 51.4 Å². The predicted molar refractivity (Wildman–Crippen MR) is 134 cm³/mol. The van der Waals surface area contributed by atoms with Crippen LogP contribution < -0.4 is 0 Å². The first-order chi connectivity index (χ1) is 17.7. The Hall–Kier alpha value is -1.56. The molecule has 2 aliphatic heterocycles. The summed E-state index contributed by atoms with van der Waals surface area (Å²) in [5, 5.41) is 48.2. The third kappa shape index (κ3) is 9.92. The second-order valence-corrected chi connectivity index (χ2v) is 10.4. The van der Waals surface area contributed by atoms with Crippen molar-refractivity contribution in [2.75, 3.05) is 6.61 Å². The lowest BCUT2D eigenvalue weighted by Crippen LogP contribution is -2.59. The molecule has 0 spiro atoms. The number of aliphatic hydroxyl groups excluding tert-OH is 4. The zero-order valence-corrected chi connectivity index (χ0v) is 22.0. The smallest absolute Gasteiger partial charge is 0.334 e. The van der Waals surface area contributed by atoms with Gasteiger partial charge in [-0.3, -0.25) is 4.79 Å². The van der Waals surface area contributed by atoms with Crippen LogP contribution in [0.15, 0.2) is 12.2 Å². The van der Waals surface area contributed by atoms with E-state index in [0.29, 0.717) is 6.42 Å². The minimum Gasteiger partial charge on any atom is -0.481 e. The Bertz CT molecular complexity index is 711. The van der Waals surface area contributed by atoms with Gasteiger partial charge in [0.1, 0.15) is 36.4 Å². The van der Waals surface area contributed by atoms with Gasteiger partial charge in [-0.2, -0.15) is 0 Å². The van der Waals surface area contributed by atoms with Crippen LogP contribution in [0, 0.1) is 5.92 Å². The normalized spacial score (nSPS) is 30.9. The van der Waals surface area contributed by atoms with Gasteiger partial charge in [0.25, 0.3) is 0 Å². The molecule has 8 atom stereocenters. The van der Waals surface area contributed by atoms with Gasteiger partial charge in [0, 0.05) is 5.57 Å². The topological polar surface area (TPSA) is 163 Å². The number of hydrogen-bond donors (Lipinski definition) is 5. The number of aliphatic carboxylic acids is 1. The van der Waals surface area contributed by atoms with Gasteiger partial charge in [-0.1, -0.05) is 70.8 Å². The van der Waals surface area contributed by atoms with Crippen molar-refractivity contribution in [3.05, 3.63) is 12.2 Å². The third-order valence-electron chi connectivity index (χ3n) is 7.35. The van der Waals surface area contributed by atoms with E-state index < -0.39 is 61.3 Å². The zero-order chi connectivity index (χ0) is 27.4. The van der Waals surface area contributed by atoms with Crippen LogP contribution in [0.25, 0.3) is 0 Å². The summed E-state index contributed by atoms with van der Waals surface area (Å²) in [6, 6.07) is 0. The van der Waals surface area contributed by atoms with Gasteiger partial charge in [0.05, 0.1) is 12.7 Å². The van der Waals surface area contributed by atoms with Gasteiger partial charge < -0.3 is 39.7 Å². The fraction of sp³-hybridized carbons (Fsp3) is 0.852. The Morgan fingerprint density at radius 1 is 0.892 bits per heavy atom. The lowest BCUT2D eigenvalue weighted by molar-refractivity contribution is -0.310. The molecule has 0 bridgehead atoms. The van der Waals surface area contributed by atoms with Crippen LogP contribution in [0.3, 0.4) is 0 Å². The standard InChI is InChI=1S/C27H46O10/c1-17(35-27-24(31)23(30)22(29)20(16-28)37-27)14-12-10-8-6-4-3-5-7-9-11-13-15-19-21(25(32)33)18(2)26(34)36-19/h17,19-24,27-31H,2-16H2,1H3,(H,32,33)/t17-,19-,20+,21+,22+,23-,24+,27+/m0/s1. The summed E-state index contributed by atoms with van der Waals surface area (Å²) in [4.78, 5) is 22.9. The SMILES string of the molecule is C=C1C(=O)O[C@@H](CCCCCCCCCCCCC[C@H](C)O[C@@H]2O[C@H](CO)[C@@H](O)[C@H](O)[C@H]2O)[C@@H]1C(=O)O. The summed E-state index contributed by atoms with van der Waals surface area (Å²) >= 11 is 0. The molecule has 0 unspecified atom stereocenters. The van der Waals surface area contributed by atoms with E-state index in [1.165, 1.54) is 25.7 Å².